The topological polar surface area (TPSA) is 118 Å². The summed E-state index contributed by atoms with van der Waals surface area (Å²) in [5, 5.41) is 7.97. The summed E-state index contributed by atoms with van der Waals surface area (Å²) < 4.78 is 5.99. The third kappa shape index (κ3) is 9.17. The van der Waals surface area contributed by atoms with E-state index in [4.69, 9.17) is 4.42 Å². The smallest absolute Gasteiger partial charge is 0.272 e. The van der Waals surface area contributed by atoms with Crippen molar-refractivity contribution < 1.29 is 23.6 Å². The number of thioether (sulfide) groups is 1. The lowest BCUT2D eigenvalue weighted by atomic mass is 10.1. The fourth-order valence-electron chi connectivity index (χ4n) is 5.12. The highest BCUT2D eigenvalue weighted by atomic mass is 32.2. The molecular weight excluding hydrogens is 659 g/mol. The number of anilines is 2. The number of carbonyl (C=O) groups excluding carboxylic acids is 4. The lowest BCUT2D eigenvalue weighted by molar-refractivity contribution is -0.116. The molecular formula is C42H33N3O5S. The Kier molecular flexibility index (Phi) is 11.0. The van der Waals surface area contributed by atoms with Gasteiger partial charge in [-0.1, -0.05) is 78.9 Å². The van der Waals surface area contributed by atoms with Crippen molar-refractivity contribution >= 4 is 52.7 Å². The van der Waals surface area contributed by atoms with E-state index in [-0.39, 0.29) is 17.4 Å². The van der Waals surface area contributed by atoms with Crippen LogP contribution in [0.5, 0.6) is 0 Å². The van der Waals surface area contributed by atoms with Gasteiger partial charge in [0.25, 0.3) is 11.8 Å². The monoisotopic (exact) mass is 691 g/mol. The maximum Gasteiger partial charge on any atom is 0.272 e. The molecule has 0 fully saturated rings. The molecule has 8 nitrogen and oxygen atoms in total. The number of Topliss-reactive ketones (excluding diaryl/α,β-unsaturated/α-hetero) is 1. The van der Waals surface area contributed by atoms with Crippen molar-refractivity contribution in [3.63, 3.8) is 0 Å². The summed E-state index contributed by atoms with van der Waals surface area (Å²) in [6, 6.07) is 45.0. The highest BCUT2D eigenvalue weighted by Crippen LogP contribution is 2.37. The Hall–Kier alpha value is -6.45. The van der Waals surface area contributed by atoms with Gasteiger partial charge in [0, 0.05) is 39.0 Å². The Morgan fingerprint density at radius 1 is 0.627 bits per heavy atom. The third-order valence-corrected chi connectivity index (χ3v) is 9.03. The first kappa shape index (κ1) is 34.4. The summed E-state index contributed by atoms with van der Waals surface area (Å²) in [6.07, 6.45) is 1.49. The molecule has 0 bridgehead atoms. The molecule has 0 aliphatic carbocycles. The molecule has 1 aromatic heterocycles. The van der Waals surface area contributed by atoms with E-state index in [0.29, 0.717) is 34.0 Å². The second-order valence-corrected chi connectivity index (χ2v) is 12.6. The zero-order chi connectivity index (χ0) is 35.6. The molecule has 0 saturated carbocycles. The lowest BCUT2D eigenvalue weighted by Crippen LogP contribution is -2.30. The van der Waals surface area contributed by atoms with Crippen molar-refractivity contribution in [2.75, 3.05) is 10.6 Å². The van der Waals surface area contributed by atoms with E-state index in [9.17, 15) is 19.2 Å². The molecule has 9 heteroatoms. The number of carbonyl (C=O) groups is 4. The van der Waals surface area contributed by atoms with Gasteiger partial charge in [-0.2, -0.15) is 0 Å². The highest BCUT2D eigenvalue weighted by Gasteiger charge is 2.23. The zero-order valence-corrected chi connectivity index (χ0v) is 28.4. The minimum absolute atomic E-state index is 0.00610. The fraction of sp³-hybridized carbons (Fsp3) is 0.0476. The molecule has 0 aliphatic heterocycles. The van der Waals surface area contributed by atoms with Gasteiger partial charge in [0.2, 0.25) is 5.91 Å². The Labute approximate surface area is 299 Å². The van der Waals surface area contributed by atoms with Crippen molar-refractivity contribution in [3.8, 4) is 11.3 Å². The molecule has 1 atom stereocenters. The van der Waals surface area contributed by atoms with Crippen LogP contribution in [0.4, 0.5) is 11.4 Å². The molecule has 0 radical (unpaired) electrons. The Morgan fingerprint density at radius 2 is 1.22 bits per heavy atom. The number of ketones is 1. The van der Waals surface area contributed by atoms with E-state index in [1.165, 1.54) is 24.8 Å². The van der Waals surface area contributed by atoms with Crippen LogP contribution in [0.15, 0.2) is 167 Å². The van der Waals surface area contributed by atoms with Crippen LogP contribution in [0.2, 0.25) is 0 Å². The maximum absolute atomic E-state index is 13.6. The molecule has 3 amide bonds. The van der Waals surface area contributed by atoms with Crippen molar-refractivity contribution in [1.29, 1.82) is 0 Å². The normalized spacial score (nSPS) is 11.7. The van der Waals surface area contributed by atoms with Gasteiger partial charge in [-0.15, -0.1) is 11.8 Å². The summed E-state index contributed by atoms with van der Waals surface area (Å²) >= 11 is 1.36. The first-order chi connectivity index (χ1) is 24.8. The lowest BCUT2D eigenvalue weighted by Gasteiger charge is -2.18. The van der Waals surface area contributed by atoms with E-state index in [1.807, 2.05) is 72.8 Å². The minimum Gasteiger partial charge on any atom is -0.457 e. The average molecular weight is 692 g/mol. The quantitative estimate of drug-likeness (QED) is 0.0670. The number of benzene rings is 5. The minimum atomic E-state index is -0.587. The largest absolute Gasteiger partial charge is 0.457 e. The van der Waals surface area contributed by atoms with Crippen LogP contribution in [-0.2, 0) is 9.59 Å². The predicted octanol–water partition coefficient (Wildman–Crippen LogP) is 9.03. The molecule has 0 spiro atoms. The predicted molar refractivity (Wildman–Crippen MR) is 201 cm³/mol. The van der Waals surface area contributed by atoms with E-state index < -0.39 is 17.1 Å². The van der Waals surface area contributed by atoms with Crippen LogP contribution < -0.4 is 16.0 Å². The molecule has 1 heterocycles. The molecule has 0 aliphatic rings. The average Bonchev–Trinajstić information content (AvgIpc) is 3.64. The van der Waals surface area contributed by atoms with Crippen LogP contribution in [0, 0.1) is 0 Å². The van der Waals surface area contributed by atoms with Crippen LogP contribution >= 0.6 is 11.8 Å². The number of hydrogen-bond acceptors (Lipinski definition) is 6. The fourth-order valence-corrected chi connectivity index (χ4v) is 6.15. The SMILES string of the molecule is CC(=O)c1ccc(NC(=O)[C@H](Sc2ccc(NC(=O)/C(=C/c3ccc(-c4ccccc4)o3)NC(=O)c3ccccc3)cc2)c2ccccc2)cc1. The van der Waals surface area contributed by atoms with Gasteiger partial charge < -0.3 is 20.4 Å². The van der Waals surface area contributed by atoms with Gasteiger partial charge in [0.15, 0.2) is 5.78 Å². The van der Waals surface area contributed by atoms with E-state index in [2.05, 4.69) is 16.0 Å². The van der Waals surface area contributed by atoms with Gasteiger partial charge in [-0.05, 0) is 85.3 Å². The number of rotatable bonds is 12. The van der Waals surface area contributed by atoms with Crippen LogP contribution in [0.25, 0.3) is 17.4 Å². The molecule has 6 aromatic rings. The number of furan rings is 1. The first-order valence-electron chi connectivity index (χ1n) is 16.1. The van der Waals surface area contributed by atoms with Crippen molar-refractivity contribution in [2.45, 2.75) is 17.1 Å². The molecule has 0 saturated heterocycles. The van der Waals surface area contributed by atoms with Crippen LogP contribution in [0.3, 0.4) is 0 Å². The molecule has 5 aromatic carbocycles. The van der Waals surface area contributed by atoms with Crippen molar-refractivity contribution in [1.82, 2.24) is 5.32 Å². The highest BCUT2D eigenvalue weighted by molar-refractivity contribution is 8.00. The molecule has 51 heavy (non-hydrogen) atoms. The summed E-state index contributed by atoms with van der Waals surface area (Å²) in [7, 11) is 0. The summed E-state index contributed by atoms with van der Waals surface area (Å²) in [5.41, 5.74) is 3.72. The molecule has 6 rings (SSSR count). The summed E-state index contributed by atoms with van der Waals surface area (Å²) in [6.45, 7) is 1.49. The Bertz CT molecular complexity index is 2160. The summed E-state index contributed by atoms with van der Waals surface area (Å²) in [5.74, 6) is -0.259. The third-order valence-electron chi connectivity index (χ3n) is 7.77. The molecule has 0 unspecified atom stereocenters. The van der Waals surface area contributed by atoms with E-state index in [1.54, 1.807) is 78.9 Å². The van der Waals surface area contributed by atoms with Crippen molar-refractivity contribution in [3.05, 3.63) is 180 Å². The number of amides is 3. The number of nitrogens with one attached hydrogen (secondary N) is 3. The van der Waals surface area contributed by atoms with Crippen molar-refractivity contribution in [2.24, 2.45) is 0 Å². The second kappa shape index (κ2) is 16.3. The van der Waals surface area contributed by atoms with Gasteiger partial charge in [-0.25, -0.2) is 0 Å². The van der Waals surface area contributed by atoms with Gasteiger partial charge >= 0.3 is 0 Å². The standard InChI is InChI=1S/C42H33N3O5S/c1-28(46)29-17-19-33(20-18-29)44-42(49)39(31-13-7-3-8-14-31)51-36-24-21-34(22-25-36)43-41(48)37(45-40(47)32-15-9-4-10-16-32)27-35-23-26-38(50-35)30-11-5-2-6-12-30/h2-27,39H,1H3,(H,43,48)(H,44,49)(H,45,47)/b37-27-/t39-/m1/s1. The van der Waals surface area contributed by atoms with Gasteiger partial charge in [0.1, 0.15) is 22.5 Å². The Balaban J connectivity index is 1.19. The van der Waals surface area contributed by atoms with Crippen LogP contribution in [0.1, 0.15) is 44.2 Å². The summed E-state index contributed by atoms with van der Waals surface area (Å²) in [4.78, 5) is 52.7. The second-order valence-electron chi connectivity index (χ2n) is 11.5. The molecule has 3 N–H and O–H groups in total. The molecule has 252 valence electrons. The zero-order valence-electron chi connectivity index (χ0n) is 27.5. The number of hydrogen-bond donors (Lipinski definition) is 3. The first-order valence-corrected chi connectivity index (χ1v) is 17.0. The van der Waals surface area contributed by atoms with E-state index >= 15 is 0 Å². The van der Waals surface area contributed by atoms with Crippen LogP contribution in [-0.4, -0.2) is 23.5 Å². The van der Waals surface area contributed by atoms with E-state index in [0.717, 1.165) is 16.0 Å². The maximum atomic E-state index is 13.6. The van der Waals surface area contributed by atoms with Gasteiger partial charge in [0.05, 0.1) is 0 Å². The Morgan fingerprint density at radius 3 is 1.86 bits per heavy atom. The van der Waals surface area contributed by atoms with Gasteiger partial charge in [-0.3, -0.25) is 19.2 Å².